The van der Waals surface area contributed by atoms with Crippen molar-refractivity contribution in [2.75, 3.05) is 31.1 Å². The minimum Gasteiger partial charge on any atom is -0.368 e. The van der Waals surface area contributed by atoms with Gasteiger partial charge in [-0.3, -0.25) is 9.59 Å². The van der Waals surface area contributed by atoms with Crippen molar-refractivity contribution < 1.29 is 9.59 Å². The molecule has 2 aromatic carbocycles. The summed E-state index contributed by atoms with van der Waals surface area (Å²) in [7, 11) is 0. The minimum atomic E-state index is 0.0709. The van der Waals surface area contributed by atoms with E-state index in [0.29, 0.717) is 24.5 Å². The first-order valence-corrected chi connectivity index (χ1v) is 8.79. The SMILES string of the molecule is CC(=O)c1ccc(N2CCN(C(=O)Cc3ccccc3Cl)CC2)cc1. The van der Waals surface area contributed by atoms with Crippen LogP contribution in [-0.4, -0.2) is 42.8 Å². The molecule has 0 radical (unpaired) electrons. The number of hydrogen-bond acceptors (Lipinski definition) is 3. The van der Waals surface area contributed by atoms with Gasteiger partial charge in [0.2, 0.25) is 5.91 Å². The van der Waals surface area contributed by atoms with E-state index in [1.165, 1.54) is 0 Å². The van der Waals surface area contributed by atoms with Crippen LogP contribution in [0.15, 0.2) is 48.5 Å². The predicted molar refractivity (Wildman–Crippen MR) is 100 cm³/mol. The number of nitrogens with zero attached hydrogens (tertiary/aromatic N) is 2. The third kappa shape index (κ3) is 4.20. The molecule has 1 aliphatic heterocycles. The maximum atomic E-state index is 12.5. The highest BCUT2D eigenvalue weighted by Crippen LogP contribution is 2.19. The molecular weight excluding hydrogens is 336 g/mol. The molecule has 0 spiro atoms. The number of piperazine rings is 1. The van der Waals surface area contributed by atoms with Gasteiger partial charge in [-0.15, -0.1) is 0 Å². The molecule has 0 atom stereocenters. The van der Waals surface area contributed by atoms with Gasteiger partial charge in [0.05, 0.1) is 6.42 Å². The van der Waals surface area contributed by atoms with Crippen molar-refractivity contribution in [2.24, 2.45) is 0 Å². The van der Waals surface area contributed by atoms with Crippen LogP contribution in [0.3, 0.4) is 0 Å². The smallest absolute Gasteiger partial charge is 0.227 e. The van der Waals surface area contributed by atoms with Gasteiger partial charge in [0, 0.05) is 42.5 Å². The molecule has 0 bridgehead atoms. The van der Waals surface area contributed by atoms with Crippen molar-refractivity contribution in [2.45, 2.75) is 13.3 Å². The van der Waals surface area contributed by atoms with Crippen molar-refractivity contribution >= 4 is 29.0 Å². The number of benzene rings is 2. The first kappa shape index (κ1) is 17.5. The van der Waals surface area contributed by atoms with Crippen LogP contribution in [0, 0.1) is 0 Å². The van der Waals surface area contributed by atoms with Crippen LogP contribution in [0.4, 0.5) is 5.69 Å². The summed E-state index contributed by atoms with van der Waals surface area (Å²) in [5, 5.41) is 0.639. The van der Waals surface area contributed by atoms with E-state index in [2.05, 4.69) is 4.90 Å². The van der Waals surface area contributed by atoms with Crippen LogP contribution in [-0.2, 0) is 11.2 Å². The predicted octanol–water partition coefficient (Wildman–Crippen LogP) is 3.43. The van der Waals surface area contributed by atoms with Crippen molar-refractivity contribution in [3.63, 3.8) is 0 Å². The topological polar surface area (TPSA) is 40.6 Å². The minimum absolute atomic E-state index is 0.0709. The van der Waals surface area contributed by atoms with E-state index in [1.807, 2.05) is 53.4 Å². The van der Waals surface area contributed by atoms with Crippen LogP contribution in [0.5, 0.6) is 0 Å². The molecule has 4 nitrogen and oxygen atoms in total. The lowest BCUT2D eigenvalue weighted by atomic mass is 10.1. The number of anilines is 1. The number of carbonyl (C=O) groups is 2. The zero-order valence-electron chi connectivity index (χ0n) is 14.2. The molecule has 5 heteroatoms. The Kier molecular flexibility index (Phi) is 5.39. The summed E-state index contributed by atoms with van der Waals surface area (Å²) in [5.41, 5.74) is 2.68. The number of rotatable bonds is 4. The van der Waals surface area contributed by atoms with Gasteiger partial charge in [0.1, 0.15) is 0 Å². The molecule has 0 N–H and O–H groups in total. The first-order valence-electron chi connectivity index (χ1n) is 8.42. The van der Waals surface area contributed by atoms with Gasteiger partial charge in [0.25, 0.3) is 0 Å². The number of ketones is 1. The molecule has 1 fully saturated rings. The molecule has 1 aliphatic rings. The average molecular weight is 357 g/mol. The fourth-order valence-electron chi connectivity index (χ4n) is 3.04. The standard InChI is InChI=1S/C20H21ClN2O2/c1-15(24)16-6-8-18(9-7-16)22-10-12-23(13-11-22)20(25)14-17-4-2-3-5-19(17)21/h2-9H,10-14H2,1H3. The summed E-state index contributed by atoms with van der Waals surface area (Å²) in [6.07, 6.45) is 0.340. The number of halogens is 1. The molecule has 1 heterocycles. The molecule has 0 unspecified atom stereocenters. The highest BCUT2D eigenvalue weighted by Gasteiger charge is 2.22. The maximum absolute atomic E-state index is 12.5. The molecule has 0 aromatic heterocycles. The van der Waals surface area contributed by atoms with E-state index >= 15 is 0 Å². The monoisotopic (exact) mass is 356 g/mol. The van der Waals surface area contributed by atoms with Crippen LogP contribution < -0.4 is 4.90 Å². The Hall–Kier alpha value is -2.33. The lowest BCUT2D eigenvalue weighted by molar-refractivity contribution is -0.130. The molecule has 25 heavy (non-hydrogen) atoms. The lowest BCUT2D eigenvalue weighted by Gasteiger charge is -2.36. The Morgan fingerprint density at radius 3 is 2.20 bits per heavy atom. The quantitative estimate of drug-likeness (QED) is 0.788. The normalized spacial score (nSPS) is 14.5. The summed E-state index contributed by atoms with van der Waals surface area (Å²) < 4.78 is 0. The third-order valence-electron chi connectivity index (χ3n) is 4.57. The van der Waals surface area contributed by atoms with E-state index < -0.39 is 0 Å². The van der Waals surface area contributed by atoms with Crippen molar-refractivity contribution in [3.05, 3.63) is 64.7 Å². The Labute approximate surface area is 153 Å². The van der Waals surface area contributed by atoms with Crippen LogP contribution in [0.25, 0.3) is 0 Å². The Morgan fingerprint density at radius 2 is 1.60 bits per heavy atom. The van der Waals surface area contributed by atoms with Gasteiger partial charge in [-0.1, -0.05) is 29.8 Å². The fraction of sp³-hybridized carbons (Fsp3) is 0.300. The second kappa shape index (κ2) is 7.70. The summed E-state index contributed by atoms with van der Waals surface area (Å²) >= 11 is 6.14. The molecule has 0 aliphatic carbocycles. The second-order valence-electron chi connectivity index (χ2n) is 6.24. The Morgan fingerprint density at radius 1 is 0.960 bits per heavy atom. The van der Waals surface area contributed by atoms with Crippen molar-refractivity contribution in [3.8, 4) is 0 Å². The fourth-order valence-corrected chi connectivity index (χ4v) is 3.24. The zero-order chi connectivity index (χ0) is 17.8. The van der Waals surface area contributed by atoms with Crippen LogP contribution in [0.1, 0.15) is 22.8 Å². The second-order valence-corrected chi connectivity index (χ2v) is 6.65. The van der Waals surface area contributed by atoms with E-state index in [9.17, 15) is 9.59 Å². The molecule has 1 amide bonds. The summed E-state index contributed by atoms with van der Waals surface area (Å²) in [6.45, 7) is 4.52. The average Bonchev–Trinajstić information content (AvgIpc) is 2.64. The molecule has 0 saturated carbocycles. The largest absolute Gasteiger partial charge is 0.368 e. The van der Waals surface area contributed by atoms with Crippen LogP contribution in [0.2, 0.25) is 5.02 Å². The Bertz CT molecular complexity index is 766. The summed E-state index contributed by atoms with van der Waals surface area (Å²) in [6, 6.07) is 15.1. The first-order chi connectivity index (χ1) is 12.0. The number of hydrogen-bond donors (Lipinski definition) is 0. The molecule has 130 valence electrons. The Balaban J connectivity index is 1.57. The third-order valence-corrected chi connectivity index (χ3v) is 4.94. The number of amides is 1. The van der Waals surface area contributed by atoms with Gasteiger partial charge >= 0.3 is 0 Å². The van der Waals surface area contributed by atoms with E-state index in [4.69, 9.17) is 11.6 Å². The molecular formula is C20H21ClN2O2. The summed E-state index contributed by atoms with van der Waals surface area (Å²) in [5.74, 6) is 0.182. The highest BCUT2D eigenvalue weighted by molar-refractivity contribution is 6.31. The van der Waals surface area contributed by atoms with Gasteiger partial charge in [-0.25, -0.2) is 0 Å². The van der Waals surface area contributed by atoms with Gasteiger partial charge in [-0.05, 0) is 42.8 Å². The number of carbonyl (C=O) groups excluding carboxylic acids is 2. The van der Waals surface area contributed by atoms with Gasteiger partial charge in [0.15, 0.2) is 5.78 Å². The summed E-state index contributed by atoms with van der Waals surface area (Å²) in [4.78, 5) is 28.0. The van der Waals surface area contributed by atoms with Crippen molar-refractivity contribution in [1.29, 1.82) is 0 Å². The maximum Gasteiger partial charge on any atom is 0.227 e. The number of Topliss-reactive ketones (excluding diaryl/α,β-unsaturated/α-hetero) is 1. The van der Waals surface area contributed by atoms with E-state index in [0.717, 1.165) is 29.9 Å². The lowest BCUT2D eigenvalue weighted by Crippen LogP contribution is -2.49. The zero-order valence-corrected chi connectivity index (χ0v) is 15.0. The van der Waals surface area contributed by atoms with Crippen LogP contribution >= 0.6 is 11.6 Å². The van der Waals surface area contributed by atoms with Gasteiger partial charge < -0.3 is 9.80 Å². The molecule has 2 aromatic rings. The van der Waals surface area contributed by atoms with E-state index in [-0.39, 0.29) is 11.7 Å². The highest BCUT2D eigenvalue weighted by atomic mass is 35.5. The van der Waals surface area contributed by atoms with Crippen molar-refractivity contribution in [1.82, 2.24) is 4.90 Å². The van der Waals surface area contributed by atoms with Gasteiger partial charge in [-0.2, -0.15) is 0 Å². The molecule has 3 rings (SSSR count). The molecule has 1 saturated heterocycles. The van der Waals surface area contributed by atoms with E-state index in [1.54, 1.807) is 6.92 Å².